The highest BCUT2D eigenvalue weighted by Gasteiger charge is 2.54. The summed E-state index contributed by atoms with van der Waals surface area (Å²) >= 11 is 0. The van der Waals surface area contributed by atoms with Crippen molar-refractivity contribution in [3.05, 3.63) is 10.4 Å². The Bertz CT molecular complexity index is 548. The maximum absolute atomic E-state index is 12.1. The molecule has 0 spiro atoms. The summed E-state index contributed by atoms with van der Waals surface area (Å²) in [5.74, 6) is -2.22. The zero-order chi connectivity index (χ0) is 19.0. The lowest BCUT2D eigenvalue weighted by atomic mass is 10.0. The number of carbonyl (C=O) groups excluding carboxylic acids is 3. The maximum atomic E-state index is 12.1. The topological polar surface area (TPSA) is 146 Å². The van der Waals surface area contributed by atoms with Crippen LogP contribution in [-0.4, -0.2) is 61.8 Å². The zero-order valence-electron chi connectivity index (χ0n) is 14.4. The average molecular weight is 359 g/mol. The third-order valence-corrected chi connectivity index (χ3v) is 3.16. The summed E-state index contributed by atoms with van der Waals surface area (Å²) in [5.41, 5.74) is 8.73. The number of azide groups is 1. The van der Waals surface area contributed by atoms with E-state index in [1.54, 1.807) is 13.8 Å². The Labute approximate surface area is 144 Å². The standard InChI is InChI=1S/C14H21N3O8/c1-5-21-13(20)9(16-17-15)10-11(23-7(3)18)12(24-8(4)19)14(25-10)22-6-2/h9-12,14H,5-6H2,1-4H3/t9-,10+,11+,12+,14?/m0/s1. The largest absolute Gasteiger partial charge is 0.466 e. The maximum Gasteiger partial charge on any atom is 0.317 e. The average Bonchev–Trinajstić information content (AvgIpc) is 2.82. The van der Waals surface area contributed by atoms with Gasteiger partial charge in [0.15, 0.2) is 24.5 Å². The third kappa shape index (κ3) is 5.59. The van der Waals surface area contributed by atoms with Gasteiger partial charge in [0.2, 0.25) is 0 Å². The normalized spacial score (nSPS) is 26.2. The van der Waals surface area contributed by atoms with Crippen LogP contribution in [0.2, 0.25) is 0 Å². The SMILES string of the molecule is CCOC(=O)[C@@H](N=[N+]=[N-])[C@H]1OC(OCC)[C@H](OC(C)=O)[C@@H]1OC(C)=O. The van der Waals surface area contributed by atoms with Crippen LogP contribution in [0, 0.1) is 0 Å². The van der Waals surface area contributed by atoms with Crippen molar-refractivity contribution in [3.8, 4) is 0 Å². The van der Waals surface area contributed by atoms with Crippen LogP contribution in [-0.2, 0) is 38.1 Å². The molecule has 1 heterocycles. The molecule has 0 radical (unpaired) electrons. The van der Waals surface area contributed by atoms with Crippen molar-refractivity contribution in [2.45, 2.75) is 58.3 Å². The lowest BCUT2D eigenvalue weighted by molar-refractivity contribution is -0.188. The van der Waals surface area contributed by atoms with Gasteiger partial charge in [0, 0.05) is 25.4 Å². The molecule has 0 aromatic carbocycles. The molecule has 11 nitrogen and oxygen atoms in total. The number of carbonyl (C=O) groups is 3. The van der Waals surface area contributed by atoms with Crippen LogP contribution in [0.25, 0.3) is 10.4 Å². The van der Waals surface area contributed by atoms with E-state index < -0.39 is 48.6 Å². The Morgan fingerprint density at radius 1 is 1.12 bits per heavy atom. The minimum Gasteiger partial charge on any atom is -0.466 e. The van der Waals surface area contributed by atoms with Gasteiger partial charge >= 0.3 is 17.9 Å². The first-order chi connectivity index (χ1) is 11.8. The highest BCUT2D eigenvalue weighted by atomic mass is 16.7. The van der Waals surface area contributed by atoms with Crippen molar-refractivity contribution in [2.24, 2.45) is 5.11 Å². The van der Waals surface area contributed by atoms with E-state index >= 15 is 0 Å². The number of ether oxygens (including phenoxy) is 5. The molecule has 0 N–H and O–H groups in total. The number of hydrogen-bond donors (Lipinski definition) is 0. The number of esters is 3. The summed E-state index contributed by atoms with van der Waals surface area (Å²) in [7, 11) is 0. The van der Waals surface area contributed by atoms with Gasteiger partial charge in [0.25, 0.3) is 0 Å². The van der Waals surface area contributed by atoms with Gasteiger partial charge in [0.1, 0.15) is 6.10 Å². The van der Waals surface area contributed by atoms with Gasteiger partial charge in [-0.3, -0.25) is 14.4 Å². The van der Waals surface area contributed by atoms with Crippen molar-refractivity contribution in [1.82, 2.24) is 0 Å². The second-order valence-corrected chi connectivity index (χ2v) is 4.97. The Kier molecular flexibility index (Phi) is 8.12. The zero-order valence-corrected chi connectivity index (χ0v) is 14.4. The molecule has 0 aromatic rings. The third-order valence-electron chi connectivity index (χ3n) is 3.16. The molecule has 1 fully saturated rings. The second-order valence-electron chi connectivity index (χ2n) is 4.97. The molecular formula is C14H21N3O8. The highest BCUT2D eigenvalue weighted by Crippen LogP contribution is 2.31. The van der Waals surface area contributed by atoms with Crippen LogP contribution in [0.15, 0.2) is 5.11 Å². The molecule has 5 atom stereocenters. The first-order valence-corrected chi connectivity index (χ1v) is 7.68. The van der Waals surface area contributed by atoms with Gasteiger partial charge < -0.3 is 23.7 Å². The first-order valence-electron chi connectivity index (χ1n) is 7.68. The molecule has 25 heavy (non-hydrogen) atoms. The van der Waals surface area contributed by atoms with Crippen molar-refractivity contribution >= 4 is 17.9 Å². The molecule has 1 aliphatic heterocycles. The Morgan fingerprint density at radius 2 is 1.72 bits per heavy atom. The molecule has 140 valence electrons. The molecule has 1 unspecified atom stereocenters. The van der Waals surface area contributed by atoms with E-state index in [2.05, 4.69) is 10.0 Å². The fourth-order valence-corrected chi connectivity index (χ4v) is 2.37. The van der Waals surface area contributed by atoms with E-state index in [9.17, 15) is 14.4 Å². The van der Waals surface area contributed by atoms with Gasteiger partial charge in [-0.05, 0) is 19.4 Å². The first kappa shape index (κ1) is 20.7. The minimum atomic E-state index is -1.45. The van der Waals surface area contributed by atoms with Crippen molar-refractivity contribution in [1.29, 1.82) is 0 Å². The molecule has 0 saturated carbocycles. The molecule has 1 saturated heterocycles. The molecule has 1 rings (SSSR count). The lowest BCUT2D eigenvalue weighted by Crippen LogP contribution is -2.46. The number of hydrogen-bond acceptors (Lipinski definition) is 9. The van der Waals surface area contributed by atoms with Gasteiger partial charge in [-0.2, -0.15) is 0 Å². The summed E-state index contributed by atoms with van der Waals surface area (Å²) in [5, 5.41) is 3.38. The highest BCUT2D eigenvalue weighted by molar-refractivity contribution is 5.77. The van der Waals surface area contributed by atoms with Gasteiger partial charge in [0.05, 0.1) is 6.61 Å². The summed E-state index contributed by atoms with van der Waals surface area (Å²) in [6, 6.07) is -1.45. The van der Waals surface area contributed by atoms with E-state index in [1.165, 1.54) is 0 Å². The predicted octanol–water partition coefficient (Wildman–Crippen LogP) is 0.853. The van der Waals surface area contributed by atoms with E-state index in [4.69, 9.17) is 29.2 Å². The van der Waals surface area contributed by atoms with E-state index in [1.807, 2.05) is 0 Å². The molecular weight excluding hydrogens is 338 g/mol. The summed E-state index contributed by atoms with van der Waals surface area (Å²) in [6.07, 6.45) is -4.68. The minimum absolute atomic E-state index is 0.0451. The fraction of sp³-hybridized carbons (Fsp3) is 0.786. The molecule has 0 bridgehead atoms. The molecule has 0 aliphatic carbocycles. The van der Waals surface area contributed by atoms with Crippen LogP contribution in [0.4, 0.5) is 0 Å². The van der Waals surface area contributed by atoms with Crippen molar-refractivity contribution < 1.29 is 38.1 Å². The second kappa shape index (κ2) is 9.82. The smallest absolute Gasteiger partial charge is 0.317 e. The van der Waals surface area contributed by atoms with E-state index in [-0.39, 0.29) is 13.2 Å². The molecule has 0 amide bonds. The van der Waals surface area contributed by atoms with Crippen LogP contribution < -0.4 is 0 Å². The van der Waals surface area contributed by atoms with Gasteiger partial charge in [-0.25, -0.2) is 0 Å². The summed E-state index contributed by atoms with van der Waals surface area (Å²) in [4.78, 5) is 37.5. The fourth-order valence-electron chi connectivity index (χ4n) is 2.37. The van der Waals surface area contributed by atoms with Gasteiger partial charge in [-0.15, -0.1) is 0 Å². The molecule has 11 heteroatoms. The Hall–Kier alpha value is -2.36. The summed E-state index contributed by atoms with van der Waals surface area (Å²) < 4.78 is 26.1. The molecule has 1 aliphatic rings. The number of rotatable bonds is 8. The Balaban J connectivity index is 3.22. The van der Waals surface area contributed by atoms with Gasteiger partial charge in [-0.1, -0.05) is 5.11 Å². The quantitative estimate of drug-likeness (QED) is 0.204. The number of nitrogens with zero attached hydrogens (tertiary/aromatic N) is 3. The molecule has 0 aromatic heterocycles. The van der Waals surface area contributed by atoms with E-state index in [0.717, 1.165) is 13.8 Å². The predicted molar refractivity (Wildman–Crippen MR) is 81.0 cm³/mol. The Morgan fingerprint density at radius 3 is 2.20 bits per heavy atom. The lowest BCUT2D eigenvalue weighted by Gasteiger charge is -2.24. The van der Waals surface area contributed by atoms with Crippen LogP contribution >= 0.6 is 0 Å². The van der Waals surface area contributed by atoms with E-state index in [0.29, 0.717) is 0 Å². The summed E-state index contributed by atoms with van der Waals surface area (Å²) in [6.45, 7) is 5.81. The van der Waals surface area contributed by atoms with Crippen molar-refractivity contribution in [2.75, 3.05) is 13.2 Å². The monoisotopic (exact) mass is 359 g/mol. The van der Waals surface area contributed by atoms with Crippen molar-refractivity contribution in [3.63, 3.8) is 0 Å². The van der Waals surface area contributed by atoms with Crippen LogP contribution in [0.5, 0.6) is 0 Å². The van der Waals surface area contributed by atoms with Crippen LogP contribution in [0.1, 0.15) is 27.7 Å². The van der Waals surface area contributed by atoms with Crippen LogP contribution in [0.3, 0.4) is 0 Å².